The van der Waals surface area contributed by atoms with Gasteiger partial charge in [-0.3, -0.25) is 9.59 Å². The topological polar surface area (TPSA) is 37.4 Å². The smallest absolute Gasteiger partial charge is 0.226 e. The average molecular weight is 235 g/mol. The van der Waals surface area contributed by atoms with E-state index >= 15 is 0 Å². The van der Waals surface area contributed by atoms with Crippen molar-refractivity contribution in [2.75, 3.05) is 0 Å². The number of nitrogens with zero attached hydrogens (tertiary/aromatic N) is 1. The van der Waals surface area contributed by atoms with E-state index in [1.54, 1.807) is 0 Å². The maximum atomic E-state index is 12.5. The minimum Gasteiger partial charge on any atom is -0.336 e. The molecule has 3 heteroatoms. The molecule has 0 aromatic heterocycles. The Morgan fingerprint density at radius 3 is 2.12 bits per heavy atom. The number of hydrogen-bond acceptors (Lipinski definition) is 2. The summed E-state index contributed by atoms with van der Waals surface area (Å²) in [6.07, 6.45) is 9.07. The van der Waals surface area contributed by atoms with Crippen molar-refractivity contribution in [3.8, 4) is 0 Å². The van der Waals surface area contributed by atoms with Gasteiger partial charge in [0, 0.05) is 30.8 Å². The Hall–Kier alpha value is -0.860. The van der Waals surface area contributed by atoms with Crippen molar-refractivity contribution in [1.82, 2.24) is 4.90 Å². The first-order valence-corrected chi connectivity index (χ1v) is 7.09. The normalized spacial score (nSPS) is 34.1. The molecular formula is C14H21NO2. The van der Waals surface area contributed by atoms with Crippen LogP contribution in [-0.4, -0.2) is 28.7 Å². The van der Waals surface area contributed by atoms with Crippen LogP contribution in [0.3, 0.4) is 0 Å². The zero-order valence-electron chi connectivity index (χ0n) is 10.4. The first kappa shape index (κ1) is 11.2. The Labute approximate surface area is 103 Å². The fourth-order valence-electron chi connectivity index (χ4n) is 3.92. The number of carbonyl (C=O) groups excluding carboxylic acids is 2. The van der Waals surface area contributed by atoms with Crippen LogP contribution in [0.25, 0.3) is 0 Å². The summed E-state index contributed by atoms with van der Waals surface area (Å²) >= 11 is 0. The second kappa shape index (κ2) is 4.43. The molecule has 1 aliphatic carbocycles. The number of piperidine rings is 2. The van der Waals surface area contributed by atoms with Gasteiger partial charge in [-0.15, -0.1) is 0 Å². The van der Waals surface area contributed by atoms with Crippen LogP contribution in [0.5, 0.6) is 0 Å². The van der Waals surface area contributed by atoms with Crippen molar-refractivity contribution < 1.29 is 9.59 Å². The molecule has 1 saturated carbocycles. The van der Waals surface area contributed by atoms with E-state index in [2.05, 4.69) is 4.90 Å². The van der Waals surface area contributed by atoms with Crippen LogP contribution in [0.4, 0.5) is 0 Å². The molecule has 94 valence electrons. The second-order valence-electron chi connectivity index (χ2n) is 5.91. The molecular weight excluding hydrogens is 214 g/mol. The Bertz CT molecular complexity index is 317. The summed E-state index contributed by atoms with van der Waals surface area (Å²) in [6, 6.07) is 0.478. The highest BCUT2D eigenvalue weighted by molar-refractivity contribution is 5.86. The molecule has 2 heterocycles. The maximum absolute atomic E-state index is 12.5. The second-order valence-corrected chi connectivity index (χ2v) is 5.91. The van der Waals surface area contributed by atoms with E-state index in [1.165, 1.54) is 19.3 Å². The molecule has 2 atom stereocenters. The van der Waals surface area contributed by atoms with Gasteiger partial charge < -0.3 is 4.90 Å². The highest BCUT2D eigenvalue weighted by atomic mass is 16.2. The molecule has 3 aliphatic rings. The largest absolute Gasteiger partial charge is 0.336 e. The van der Waals surface area contributed by atoms with Crippen LogP contribution >= 0.6 is 0 Å². The van der Waals surface area contributed by atoms with Crippen LogP contribution in [-0.2, 0) is 9.59 Å². The summed E-state index contributed by atoms with van der Waals surface area (Å²) in [4.78, 5) is 26.3. The van der Waals surface area contributed by atoms with Gasteiger partial charge in [0.25, 0.3) is 0 Å². The molecule has 0 aromatic rings. The standard InChI is InChI=1S/C14H21NO2/c16-13-8-11-6-3-7-12(9-13)15(11)14(17)10-4-1-2-5-10/h10-12H,1-9H2. The third-order valence-corrected chi connectivity index (χ3v) is 4.75. The number of ketones is 1. The highest BCUT2D eigenvalue weighted by Crippen LogP contribution is 2.36. The van der Waals surface area contributed by atoms with E-state index in [0.29, 0.717) is 24.5 Å². The lowest BCUT2D eigenvalue weighted by Gasteiger charge is -2.46. The number of amides is 1. The fourth-order valence-corrected chi connectivity index (χ4v) is 3.92. The van der Waals surface area contributed by atoms with Gasteiger partial charge in [0.2, 0.25) is 5.91 Å². The SMILES string of the molecule is O=C1CC2CCCC(C1)N2C(=O)C1CCCC1. The molecule has 0 N–H and O–H groups in total. The van der Waals surface area contributed by atoms with E-state index < -0.39 is 0 Å². The number of Topliss-reactive ketones (excluding diaryl/α,β-unsaturated/α-hetero) is 1. The molecule has 2 unspecified atom stereocenters. The Balaban J connectivity index is 1.76. The van der Waals surface area contributed by atoms with Crippen LogP contribution in [0, 0.1) is 5.92 Å². The van der Waals surface area contributed by atoms with E-state index in [9.17, 15) is 9.59 Å². The number of fused-ring (bicyclic) bond motifs is 2. The van der Waals surface area contributed by atoms with Crippen molar-refractivity contribution in [1.29, 1.82) is 0 Å². The Morgan fingerprint density at radius 1 is 0.941 bits per heavy atom. The van der Waals surface area contributed by atoms with Crippen LogP contribution < -0.4 is 0 Å². The van der Waals surface area contributed by atoms with Crippen molar-refractivity contribution in [2.24, 2.45) is 5.92 Å². The number of carbonyl (C=O) groups is 2. The Morgan fingerprint density at radius 2 is 1.53 bits per heavy atom. The Kier molecular flexibility index (Phi) is 2.93. The molecule has 0 spiro atoms. The summed E-state index contributed by atoms with van der Waals surface area (Å²) in [6.45, 7) is 0. The number of hydrogen-bond donors (Lipinski definition) is 0. The van der Waals surface area contributed by atoms with Crippen molar-refractivity contribution in [2.45, 2.75) is 69.9 Å². The summed E-state index contributed by atoms with van der Waals surface area (Å²) in [5.41, 5.74) is 0. The van der Waals surface area contributed by atoms with Gasteiger partial charge in [0.05, 0.1) is 0 Å². The lowest BCUT2D eigenvalue weighted by molar-refractivity contribution is -0.148. The van der Waals surface area contributed by atoms with Gasteiger partial charge in [-0.2, -0.15) is 0 Å². The molecule has 17 heavy (non-hydrogen) atoms. The summed E-state index contributed by atoms with van der Waals surface area (Å²) in [5, 5.41) is 0. The van der Waals surface area contributed by atoms with Gasteiger partial charge in [-0.25, -0.2) is 0 Å². The lowest BCUT2D eigenvalue weighted by Crippen LogP contribution is -2.56. The molecule has 0 radical (unpaired) electrons. The minimum absolute atomic E-state index is 0.239. The first-order valence-electron chi connectivity index (χ1n) is 7.09. The van der Waals surface area contributed by atoms with Crippen LogP contribution in [0.2, 0.25) is 0 Å². The molecule has 3 rings (SSSR count). The zero-order chi connectivity index (χ0) is 11.8. The van der Waals surface area contributed by atoms with Crippen LogP contribution in [0.15, 0.2) is 0 Å². The van der Waals surface area contributed by atoms with E-state index in [-0.39, 0.29) is 18.0 Å². The van der Waals surface area contributed by atoms with E-state index in [0.717, 1.165) is 25.7 Å². The molecule has 2 saturated heterocycles. The minimum atomic E-state index is 0.239. The molecule has 2 aliphatic heterocycles. The lowest BCUT2D eigenvalue weighted by atomic mass is 9.82. The van der Waals surface area contributed by atoms with Gasteiger partial charge in [-0.05, 0) is 32.1 Å². The van der Waals surface area contributed by atoms with Gasteiger partial charge in [0.15, 0.2) is 0 Å². The van der Waals surface area contributed by atoms with Gasteiger partial charge in [-0.1, -0.05) is 12.8 Å². The van der Waals surface area contributed by atoms with E-state index in [1.807, 2.05) is 0 Å². The summed E-state index contributed by atoms with van der Waals surface area (Å²) in [7, 11) is 0. The van der Waals surface area contributed by atoms with Crippen molar-refractivity contribution >= 4 is 11.7 Å². The summed E-state index contributed by atoms with van der Waals surface area (Å²) in [5.74, 6) is 1.01. The molecule has 1 amide bonds. The van der Waals surface area contributed by atoms with E-state index in [4.69, 9.17) is 0 Å². The summed E-state index contributed by atoms with van der Waals surface area (Å²) < 4.78 is 0. The third-order valence-electron chi connectivity index (χ3n) is 4.75. The average Bonchev–Trinajstić information content (AvgIpc) is 2.80. The predicted octanol–water partition coefficient (Wildman–Crippen LogP) is 2.29. The highest BCUT2D eigenvalue weighted by Gasteiger charge is 2.42. The maximum Gasteiger partial charge on any atom is 0.226 e. The monoisotopic (exact) mass is 235 g/mol. The van der Waals surface area contributed by atoms with Gasteiger partial charge >= 0.3 is 0 Å². The number of rotatable bonds is 1. The van der Waals surface area contributed by atoms with Crippen molar-refractivity contribution in [3.63, 3.8) is 0 Å². The molecule has 3 nitrogen and oxygen atoms in total. The molecule has 0 aromatic carbocycles. The fraction of sp³-hybridized carbons (Fsp3) is 0.857. The molecule has 2 bridgehead atoms. The van der Waals surface area contributed by atoms with Crippen molar-refractivity contribution in [3.05, 3.63) is 0 Å². The third kappa shape index (κ3) is 2.00. The van der Waals surface area contributed by atoms with Gasteiger partial charge in [0.1, 0.15) is 5.78 Å². The molecule has 3 fully saturated rings. The predicted molar refractivity (Wildman–Crippen MR) is 64.5 cm³/mol. The quantitative estimate of drug-likeness (QED) is 0.699. The van der Waals surface area contributed by atoms with Crippen LogP contribution in [0.1, 0.15) is 57.8 Å². The first-order chi connectivity index (χ1) is 8.25. The zero-order valence-corrected chi connectivity index (χ0v) is 10.4.